The topological polar surface area (TPSA) is 76.4 Å². The first-order valence-corrected chi connectivity index (χ1v) is 5.56. The Bertz CT molecular complexity index is 716. The molecule has 90 valence electrons. The summed E-state index contributed by atoms with van der Waals surface area (Å²) in [6.45, 7) is 1.96. The van der Waals surface area contributed by atoms with E-state index in [9.17, 15) is 5.11 Å². The molecule has 0 aliphatic rings. The summed E-state index contributed by atoms with van der Waals surface area (Å²) in [7, 11) is 0. The third-order valence-corrected chi connectivity index (χ3v) is 2.93. The van der Waals surface area contributed by atoms with E-state index in [0.717, 1.165) is 22.5 Å². The standard InChI is InChI=1S/C13H12N4O/c1-8-11(9-2-4-10(18)5-3-9)6-7-12-15-13(14)16-17(8)12/h2-7,18H,1H3,(H2,14,16). The van der Waals surface area contributed by atoms with Crippen molar-refractivity contribution in [1.29, 1.82) is 0 Å². The van der Waals surface area contributed by atoms with Gasteiger partial charge in [-0.25, -0.2) is 4.52 Å². The van der Waals surface area contributed by atoms with Crippen molar-refractivity contribution >= 4 is 11.6 Å². The van der Waals surface area contributed by atoms with Crippen LogP contribution in [0.2, 0.25) is 0 Å². The van der Waals surface area contributed by atoms with Gasteiger partial charge in [-0.1, -0.05) is 12.1 Å². The molecule has 0 saturated heterocycles. The van der Waals surface area contributed by atoms with Crippen molar-refractivity contribution in [3.63, 3.8) is 0 Å². The highest BCUT2D eigenvalue weighted by molar-refractivity contribution is 5.68. The van der Waals surface area contributed by atoms with Crippen LogP contribution < -0.4 is 5.73 Å². The SMILES string of the molecule is Cc1c(-c2ccc(O)cc2)ccc2nc(N)nn12. The second kappa shape index (κ2) is 3.73. The summed E-state index contributed by atoms with van der Waals surface area (Å²) in [5.41, 5.74) is 9.33. The van der Waals surface area contributed by atoms with Crippen LogP contribution in [0.1, 0.15) is 5.69 Å². The molecule has 5 nitrogen and oxygen atoms in total. The van der Waals surface area contributed by atoms with Crippen LogP contribution in [0.15, 0.2) is 36.4 Å². The third kappa shape index (κ3) is 1.57. The lowest BCUT2D eigenvalue weighted by atomic mass is 10.0. The van der Waals surface area contributed by atoms with Gasteiger partial charge in [0, 0.05) is 11.3 Å². The second-order valence-corrected chi connectivity index (χ2v) is 4.12. The summed E-state index contributed by atoms with van der Waals surface area (Å²) in [6, 6.07) is 10.9. The summed E-state index contributed by atoms with van der Waals surface area (Å²) >= 11 is 0. The molecule has 2 aromatic heterocycles. The Hall–Kier alpha value is -2.56. The smallest absolute Gasteiger partial charge is 0.240 e. The van der Waals surface area contributed by atoms with Gasteiger partial charge in [-0.3, -0.25) is 0 Å². The Labute approximate surface area is 104 Å². The van der Waals surface area contributed by atoms with E-state index >= 15 is 0 Å². The molecule has 0 atom stereocenters. The molecule has 3 aromatic rings. The normalized spacial score (nSPS) is 10.9. The Morgan fingerprint density at radius 3 is 2.56 bits per heavy atom. The molecule has 0 saturated carbocycles. The van der Waals surface area contributed by atoms with Gasteiger partial charge in [-0.05, 0) is 36.8 Å². The van der Waals surface area contributed by atoms with Gasteiger partial charge in [-0.15, -0.1) is 5.10 Å². The molecule has 2 heterocycles. The molecule has 0 fully saturated rings. The van der Waals surface area contributed by atoms with E-state index < -0.39 is 0 Å². The van der Waals surface area contributed by atoms with E-state index in [2.05, 4.69) is 10.1 Å². The Kier molecular flexibility index (Phi) is 2.19. The molecule has 0 unspecified atom stereocenters. The fraction of sp³-hybridized carbons (Fsp3) is 0.0769. The highest BCUT2D eigenvalue weighted by Crippen LogP contribution is 2.25. The predicted octanol–water partition coefficient (Wildman–Crippen LogP) is 1.99. The number of benzene rings is 1. The number of hydrogen-bond donors (Lipinski definition) is 2. The lowest BCUT2D eigenvalue weighted by Gasteiger charge is -2.07. The number of nitrogens with zero attached hydrogens (tertiary/aromatic N) is 3. The molecule has 0 aliphatic carbocycles. The number of rotatable bonds is 1. The molecule has 1 aromatic carbocycles. The Morgan fingerprint density at radius 1 is 1.11 bits per heavy atom. The number of anilines is 1. The summed E-state index contributed by atoms with van der Waals surface area (Å²) in [5, 5.41) is 13.5. The van der Waals surface area contributed by atoms with Crippen molar-refractivity contribution in [2.24, 2.45) is 0 Å². The molecule has 3 N–H and O–H groups in total. The number of aryl methyl sites for hydroxylation is 1. The highest BCUT2D eigenvalue weighted by Gasteiger charge is 2.08. The molecule has 18 heavy (non-hydrogen) atoms. The molecule has 0 bridgehead atoms. The van der Waals surface area contributed by atoms with E-state index in [1.165, 1.54) is 0 Å². The van der Waals surface area contributed by atoms with Gasteiger partial charge in [0.25, 0.3) is 0 Å². The van der Waals surface area contributed by atoms with Gasteiger partial charge < -0.3 is 10.8 Å². The average Bonchev–Trinajstić information content (AvgIpc) is 2.73. The minimum absolute atomic E-state index is 0.252. The number of fused-ring (bicyclic) bond motifs is 1. The average molecular weight is 240 g/mol. The van der Waals surface area contributed by atoms with Crippen LogP contribution in [0.25, 0.3) is 16.8 Å². The minimum Gasteiger partial charge on any atom is -0.508 e. The van der Waals surface area contributed by atoms with Crippen LogP contribution in [0.5, 0.6) is 5.75 Å². The Morgan fingerprint density at radius 2 is 1.83 bits per heavy atom. The maximum Gasteiger partial charge on any atom is 0.240 e. The van der Waals surface area contributed by atoms with Gasteiger partial charge in [0.05, 0.1) is 0 Å². The molecule has 0 radical (unpaired) electrons. The van der Waals surface area contributed by atoms with Gasteiger partial charge in [-0.2, -0.15) is 4.98 Å². The predicted molar refractivity (Wildman–Crippen MR) is 69.2 cm³/mol. The number of phenolic OH excluding ortho intramolecular Hbond substituents is 1. The number of aromatic nitrogens is 3. The molecule has 0 aliphatic heterocycles. The first kappa shape index (κ1) is 10.6. The molecule has 5 heteroatoms. The monoisotopic (exact) mass is 240 g/mol. The van der Waals surface area contributed by atoms with E-state index in [4.69, 9.17) is 5.73 Å². The van der Waals surface area contributed by atoms with Crippen LogP contribution in [-0.2, 0) is 0 Å². The number of phenols is 1. The van der Waals surface area contributed by atoms with Crippen LogP contribution >= 0.6 is 0 Å². The number of hydrogen-bond acceptors (Lipinski definition) is 4. The quantitative estimate of drug-likeness (QED) is 0.682. The summed E-state index contributed by atoms with van der Waals surface area (Å²) < 4.78 is 1.72. The van der Waals surface area contributed by atoms with E-state index in [0.29, 0.717) is 0 Å². The number of nitrogens with two attached hydrogens (primary N) is 1. The second-order valence-electron chi connectivity index (χ2n) is 4.12. The zero-order valence-corrected chi connectivity index (χ0v) is 9.83. The number of nitrogen functional groups attached to an aromatic ring is 1. The largest absolute Gasteiger partial charge is 0.508 e. The van der Waals surface area contributed by atoms with Gasteiger partial charge in [0.1, 0.15) is 5.75 Å². The third-order valence-electron chi connectivity index (χ3n) is 2.93. The van der Waals surface area contributed by atoms with Gasteiger partial charge >= 0.3 is 0 Å². The van der Waals surface area contributed by atoms with E-state index in [-0.39, 0.29) is 11.7 Å². The van der Waals surface area contributed by atoms with Crippen molar-refractivity contribution in [3.8, 4) is 16.9 Å². The zero-order chi connectivity index (χ0) is 12.7. The molecular formula is C13H12N4O. The van der Waals surface area contributed by atoms with Gasteiger partial charge in [0.2, 0.25) is 5.95 Å². The maximum absolute atomic E-state index is 9.30. The summed E-state index contributed by atoms with van der Waals surface area (Å²) in [4.78, 5) is 4.11. The van der Waals surface area contributed by atoms with Crippen LogP contribution in [0.4, 0.5) is 5.95 Å². The van der Waals surface area contributed by atoms with E-state index in [1.807, 2.05) is 31.2 Å². The maximum atomic E-state index is 9.30. The van der Waals surface area contributed by atoms with Crippen molar-refractivity contribution in [2.75, 3.05) is 5.73 Å². The molecular weight excluding hydrogens is 228 g/mol. The Balaban J connectivity index is 2.23. The summed E-state index contributed by atoms with van der Waals surface area (Å²) in [6.07, 6.45) is 0. The van der Waals surface area contributed by atoms with Crippen molar-refractivity contribution in [2.45, 2.75) is 6.92 Å². The lowest BCUT2D eigenvalue weighted by Crippen LogP contribution is -1.97. The van der Waals surface area contributed by atoms with Crippen molar-refractivity contribution in [1.82, 2.24) is 14.6 Å². The van der Waals surface area contributed by atoms with Crippen LogP contribution in [0.3, 0.4) is 0 Å². The highest BCUT2D eigenvalue weighted by atomic mass is 16.3. The fourth-order valence-corrected chi connectivity index (χ4v) is 2.03. The van der Waals surface area contributed by atoms with Crippen LogP contribution in [-0.4, -0.2) is 19.7 Å². The fourth-order valence-electron chi connectivity index (χ4n) is 2.03. The number of aromatic hydroxyl groups is 1. The molecule has 0 spiro atoms. The zero-order valence-electron chi connectivity index (χ0n) is 9.83. The van der Waals surface area contributed by atoms with Crippen molar-refractivity contribution < 1.29 is 5.11 Å². The number of pyridine rings is 1. The summed E-state index contributed by atoms with van der Waals surface area (Å²) in [5.74, 6) is 0.517. The minimum atomic E-state index is 0.252. The van der Waals surface area contributed by atoms with E-state index in [1.54, 1.807) is 16.6 Å². The first-order valence-electron chi connectivity index (χ1n) is 5.56. The first-order chi connectivity index (χ1) is 8.65. The van der Waals surface area contributed by atoms with Gasteiger partial charge in [0.15, 0.2) is 5.65 Å². The van der Waals surface area contributed by atoms with Crippen molar-refractivity contribution in [3.05, 3.63) is 42.1 Å². The molecule has 0 amide bonds. The lowest BCUT2D eigenvalue weighted by molar-refractivity contribution is 0.475. The molecule has 3 rings (SSSR count). The van der Waals surface area contributed by atoms with Crippen LogP contribution in [0, 0.1) is 6.92 Å².